The Labute approximate surface area is 130 Å². The van der Waals surface area contributed by atoms with Crippen LogP contribution in [0.1, 0.15) is 24.8 Å². The molecule has 0 bridgehead atoms. The van der Waals surface area contributed by atoms with Crippen molar-refractivity contribution in [1.29, 1.82) is 0 Å². The first-order valence-electron chi connectivity index (χ1n) is 6.94. The van der Waals surface area contributed by atoms with Gasteiger partial charge in [0.05, 0.1) is 0 Å². The smallest absolute Gasteiger partial charge is 0.230 e. The van der Waals surface area contributed by atoms with Crippen molar-refractivity contribution in [2.24, 2.45) is 0 Å². The van der Waals surface area contributed by atoms with Gasteiger partial charge in [0.25, 0.3) is 0 Å². The van der Waals surface area contributed by atoms with Crippen LogP contribution < -0.4 is 10.2 Å². The summed E-state index contributed by atoms with van der Waals surface area (Å²) < 4.78 is 0. The van der Waals surface area contributed by atoms with Crippen LogP contribution in [0.5, 0.6) is 0 Å². The summed E-state index contributed by atoms with van der Waals surface area (Å²) in [4.78, 5) is 14.3. The molecular weight excluding hydrogens is 286 g/mol. The highest BCUT2D eigenvalue weighted by molar-refractivity contribution is 6.28. The third kappa shape index (κ3) is 4.56. The fourth-order valence-electron chi connectivity index (χ4n) is 1.97. The Morgan fingerprint density at radius 3 is 2.52 bits per heavy atom. The molecule has 1 N–H and O–H groups in total. The van der Waals surface area contributed by atoms with Gasteiger partial charge in [-0.1, -0.05) is 37.3 Å². The highest BCUT2D eigenvalue weighted by Gasteiger charge is 2.08. The van der Waals surface area contributed by atoms with Crippen molar-refractivity contribution in [1.82, 2.24) is 15.0 Å². The number of nitrogens with one attached hydrogen (secondary N) is 1. The monoisotopic (exact) mass is 305 g/mol. The molecule has 6 heteroatoms. The van der Waals surface area contributed by atoms with Crippen LogP contribution in [0.4, 0.5) is 11.9 Å². The standard InChI is InChI=1S/C15H20ClN5/c1-11(12-7-5-4-6-8-12)9-10-17-14-18-13(16)19-15(20-14)21(2)3/h4-8,11H,9-10H2,1-3H3,(H,17,18,19,20). The molecule has 0 aliphatic carbocycles. The second-order valence-corrected chi connectivity index (χ2v) is 5.49. The minimum absolute atomic E-state index is 0.201. The van der Waals surface area contributed by atoms with Crippen molar-refractivity contribution < 1.29 is 0 Å². The first kappa shape index (κ1) is 15.5. The number of rotatable bonds is 6. The van der Waals surface area contributed by atoms with Crippen molar-refractivity contribution in [3.63, 3.8) is 0 Å². The van der Waals surface area contributed by atoms with Gasteiger partial charge >= 0.3 is 0 Å². The normalized spacial score (nSPS) is 12.0. The van der Waals surface area contributed by atoms with Crippen molar-refractivity contribution in [2.75, 3.05) is 30.9 Å². The predicted molar refractivity (Wildman–Crippen MR) is 87.1 cm³/mol. The van der Waals surface area contributed by atoms with Gasteiger partial charge in [0.1, 0.15) is 0 Å². The van der Waals surface area contributed by atoms with Crippen LogP contribution in [0.25, 0.3) is 0 Å². The second kappa shape index (κ2) is 7.22. The largest absolute Gasteiger partial charge is 0.354 e. The Bertz CT molecular complexity index is 574. The Balaban J connectivity index is 1.91. The van der Waals surface area contributed by atoms with E-state index < -0.39 is 0 Å². The zero-order chi connectivity index (χ0) is 15.2. The Kier molecular flexibility index (Phi) is 5.33. The summed E-state index contributed by atoms with van der Waals surface area (Å²) in [5.74, 6) is 1.54. The molecule has 1 heterocycles. The molecule has 0 fully saturated rings. The van der Waals surface area contributed by atoms with Gasteiger partial charge < -0.3 is 10.2 Å². The summed E-state index contributed by atoms with van der Waals surface area (Å²) in [6.45, 7) is 2.99. The van der Waals surface area contributed by atoms with Crippen molar-refractivity contribution in [3.05, 3.63) is 41.2 Å². The molecular formula is C15H20ClN5. The van der Waals surface area contributed by atoms with E-state index in [0.29, 0.717) is 17.8 Å². The lowest BCUT2D eigenvalue weighted by molar-refractivity contribution is 0.702. The molecule has 0 amide bonds. The molecule has 0 radical (unpaired) electrons. The maximum Gasteiger partial charge on any atom is 0.230 e. The first-order valence-corrected chi connectivity index (χ1v) is 7.32. The highest BCUT2D eigenvalue weighted by Crippen LogP contribution is 2.18. The summed E-state index contributed by atoms with van der Waals surface area (Å²) in [6.07, 6.45) is 0.991. The van der Waals surface area contributed by atoms with Gasteiger partial charge in [0.2, 0.25) is 17.2 Å². The predicted octanol–water partition coefficient (Wildman–Crippen LogP) is 3.20. The number of anilines is 2. The van der Waals surface area contributed by atoms with Crippen molar-refractivity contribution >= 4 is 23.5 Å². The van der Waals surface area contributed by atoms with E-state index in [4.69, 9.17) is 11.6 Å². The van der Waals surface area contributed by atoms with Gasteiger partial charge in [-0.15, -0.1) is 0 Å². The van der Waals surface area contributed by atoms with Gasteiger partial charge in [-0.2, -0.15) is 15.0 Å². The molecule has 5 nitrogen and oxygen atoms in total. The van der Waals surface area contributed by atoms with Gasteiger partial charge in [-0.25, -0.2) is 0 Å². The number of hydrogen-bond acceptors (Lipinski definition) is 5. The second-order valence-electron chi connectivity index (χ2n) is 5.15. The van der Waals surface area contributed by atoms with Gasteiger partial charge in [0, 0.05) is 20.6 Å². The third-order valence-corrected chi connectivity index (χ3v) is 3.39. The van der Waals surface area contributed by atoms with E-state index in [-0.39, 0.29) is 5.28 Å². The van der Waals surface area contributed by atoms with E-state index in [9.17, 15) is 0 Å². The molecule has 0 aliphatic rings. The van der Waals surface area contributed by atoms with Gasteiger partial charge in [0.15, 0.2) is 0 Å². The van der Waals surface area contributed by atoms with E-state index in [1.54, 1.807) is 4.90 Å². The molecule has 1 aromatic heterocycles. The lowest BCUT2D eigenvalue weighted by atomic mass is 9.98. The molecule has 112 valence electrons. The lowest BCUT2D eigenvalue weighted by Crippen LogP contribution is -2.16. The molecule has 21 heavy (non-hydrogen) atoms. The van der Waals surface area contributed by atoms with Crippen LogP contribution in [-0.2, 0) is 0 Å². The lowest BCUT2D eigenvalue weighted by Gasteiger charge is -2.14. The molecule has 0 saturated heterocycles. The summed E-state index contributed by atoms with van der Waals surface area (Å²) in [5, 5.41) is 3.41. The Hall–Kier alpha value is -1.88. The molecule has 1 aromatic carbocycles. The molecule has 0 spiro atoms. The van der Waals surface area contributed by atoms with E-state index in [2.05, 4.69) is 51.5 Å². The summed E-state index contributed by atoms with van der Waals surface area (Å²) in [6, 6.07) is 10.5. The first-order chi connectivity index (χ1) is 10.1. The fourth-order valence-corrected chi connectivity index (χ4v) is 2.12. The van der Waals surface area contributed by atoms with Crippen LogP contribution in [0, 0.1) is 0 Å². The van der Waals surface area contributed by atoms with Crippen LogP contribution in [0.15, 0.2) is 30.3 Å². The van der Waals surface area contributed by atoms with Gasteiger partial charge in [-0.3, -0.25) is 0 Å². The maximum atomic E-state index is 5.90. The van der Waals surface area contributed by atoms with Crippen LogP contribution in [-0.4, -0.2) is 35.6 Å². The number of hydrogen-bond donors (Lipinski definition) is 1. The zero-order valence-corrected chi connectivity index (χ0v) is 13.3. The highest BCUT2D eigenvalue weighted by atomic mass is 35.5. The molecule has 0 aliphatic heterocycles. The van der Waals surface area contributed by atoms with E-state index in [1.807, 2.05) is 20.2 Å². The van der Waals surface area contributed by atoms with Crippen LogP contribution in [0.2, 0.25) is 5.28 Å². The third-order valence-electron chi connectivity index (χ3n) is 3.23. The zero-order valence-electron chi connectivity index (χ0n) is 12.5. The summed E-state index contributed by atoms with van der Waals surface area (Å²) in [7, 11) is 3.74. The maximum absolute atomic E-state index is 5.90. The van der Waals surface area contributed by atoms with E-state index >= 15 is 0 Å². The average Bonchev–Trinajstić information content (AvgIpc) is 2.47. The Morgan fingerprint density at radius 1 is 1.14 bits per heavy atom. The quantitative estimate of drug-likeness (QED) is 0.888. The fraction of sp³-hybridized carbons (Fsp3) is 0.400. The van der Waals surface area contributed by atoms with E-state index in [0.717, 1.165) is 13.0 Å². The summed E-state index contributed by atoms with van der Waals surface area (Å²) >= 11 is 5.90. The summed E-state index contributed by atoms with van der Waals surface area (Å²) in [5.41, 5.74) is 1.34. The number of benzene rings is 1. The minimum atomic E-state index is 0.201. The number of aromatic nitrogens is 3. The SMILES string of the molecule is CC(CCNc1nc(Cl)nc(N(C)C)n1)c1ccccc1. The molecule has 2 aromatic rings. The van der Waals surface area contributed by atoms with E-state index in [1.165, 1.54) is 5.56 Å². The number of nitrogens with zero attached hydrogens (tertiary/aromatic N) is 4. The van der Waals surface area contributed by atoms with Crippen LogP contribution in [0.3, 0.4) is 0 Å². The molecule has 2 rings (SSSR count). The van der Waals surface area contributed by atoms with Crippen molar-refractivity contribution in [2.45, 2.75) is 19.3 Å². The Morgan fingerprint density at radius 2 is 1.86 bits per heavy atom. The number of halogens is 1. The van der Waals surface area contributed by atoms with Crippen molar-refractivity contribution in [3.8, 4) is 0 Å². The average molecular weight is 306 g/mol. The molecule has 1 unspecified atom stereocenters. The minimum Gasteiger partial charge on any atom is -0.354 e. The molecule has 0 saturated carbocycles. The van der Waals surface area contributed by atoms with Crippen LogP contribution >= 0.6 is 11.6 Å². The molecule has 1 atom stereocenters. The topological polar surface area (TPSA) is 53.9 Å². The van der Waals surface area contributed by atoms with Gasteiger partial charge in [-0.05, 0) is 29.5 Å².